The Morgan fingerprint density at radius 3 is 2.58 bits per heavy atom. The van der Waals surface area contributed by atoms with Gasteiger partial charge in [0.05, 0.1) is 13.2 Å². The molecule has 1 unspecified atom stereocenters. The van der Waals surface area contributed by atoms with Crippen molar-refractivity contribution in [2.45, 2.75) is 32.2 Å². The number of ether oxygens (including phenoxy) is 2. The zero-order chi connectivity index (χ0) is 19.4. The maximum Gasteiger partial charge on any atom is 0.333 e. The van der Waals surface area contributed by atoms with Gasteiger partial charge in [0.1, 0.15) is 11.8 Å². The summed E-state index contributed by atoms with van der Waals surface area (Å²) >= 11 is 0. The molecule has 1 aromatic rings. The maximum atomic E-state index is 11.6. The summed E-state index contributed by atoms with van der Waals surface area (Å²) in [6.07, 6.45) is 1.13. The SMILES string of the molecule is CC(NC=O)C(=O)Oc1ccc(CCOC(=O)CCCO[N+](=O)[O-])cc1. The number of hydrogen-bond acceptors (Lipinski definition) is 8. The summed E-state index contributed by atoms with van der Waals surface area (Å²) in [6, 6.07) is 5.88. The number of nitrogens with one attached hydrogen (secondary N) is 1. The smallest absolute Gasteiger partial charge is 0.333 e. The highest BCUT2D eigenvalue weighted by Gasteiger charge is 2.14. The van der Waals surface area contributed by atoms with Crippen LogP contribution in [-0.4, -0.2) is 42.7 Å². The average molecular weight is 368 g/mol. The van der Waals surface area contributed by atoms with Crippen molar-refractivity contribution >= 4 is 18.3 Å². The van der Waals surface area contributed by atoms with Crippen LogP contribution in [0.3, 0.4) is 0 Å². The second kappa shape index (κ2) is 11.4. The molecule has 0 aliphatic rings. The van der Waals surface area contributed by atoms with Gasteiger partial charge >= 0.3 is 11.9 Å². The minimum absolute atomic E-state index is 0.0374. The van der Waals surface area contributed by atoms with Crippen molar-refractivity contribution in [3.05, 3.63) is 39.9 Å². The third kappa shape index (κ3) is 8.62. The highest BCUT2D eigenvalue weighted by Crippen LogP contribution is 2.13. The molecule has 0 radical (unpaired) electrons. The quantitative estimate of drug-likeness (QED) is 0.143. The van der Waals surface area contributed by atoms with E-state index in [9.17, 15) is 24.5 Å². The number of nitrogens with zero attached hydrogens (tertiary/aromatic N) is 1. The fourth-order valence-electron chi connectivity index (χ4n) is 1.81. The zero-order valence-electron chi connectivity index (χ0n) is 14.2. The second-order valence-electron chi connectivity index (χ2n) is 5.20. The maximum absolute atomic E-state index is 11.6. The van der Waals surface area contributed by atoms with Gasteiger partial charge in [0.25, 0.3) is 5.09 Å². The van der Waals surface area contributed by atoms with Crippen LogP contribution in [0.15, 0.2) is 24.3 Å². The minimum Gasteiger partial charge on any atom is -0.465 e. The average Bonchev–Trinajstić information content (AvgIpc) is 2.60. The van der Waals surface area contributed by atoms with Crippen molar-refractivity contribution in [2.24, 2.45) is 0 Å². The molecule has 0 saturated carbocycles. The number of hydrogen-bond donors (Lipinski definition) is 1. The summed E-state index contributed by atoms with van der Waals surface area (Å²) in [5.41, 5.74) is 0.869. The van der Waals surface area contributed by atoms with Gasteiger partial charge in [-0.2, -0.15) is 0 Å². The number of carbonyl (C=O) groups is 3. The summed E-state index contributed by atoms with van der Waals surface area (Å²) < 4.78 is 10.1. The first-order valence-electron chi connectivity index (χ1n) is 7.85. The number of benzene rings is 1. The Bertz CT molecular complexity index is 617. The van der Waals surface area contributed by atoms with Crippen LogP contribution in [0.4, 0.5) is 0 Å². The number of carbonyl (C=O) groups excluding carboxylic acids is 3. The molecule has 0 bridgehead atoms. The van der Waals surface area contributed by atoms with Crippen LogP contribution in [0.2, 0.25) is 0 Å². The molecule has 1 amide bonds. The number of rotatable bonds is 12. The lowest BCUT2D eigenvalue weighted by Gasteiger charge is -2.10. The summed E-state index contributed by atoms with van der Waals surface area (Å²) in [4.78, 5) is 47.4. The van der Waals surface area contributed by atoms with Gasteiger partial charge < -0.3 is 19.6 Å². The Balaban J connectivity index is 2.28. The predicted octanol–water partition coefficient (Wildman–Crippen LogP) is 0.801. The van der Waals surface area contributed by atoms with Gasteiger partial charge in [0.15, 0.2) is 0 Å². The Labute approximate surface area is 149 Å². The third-order valence-corrected chi connectivity index (χ3v) is 3.19. The molecule has 0 saturated heterocycles. The van der Waals surface area contributed by atoms with Crippen molar-refractivity contribution in [3.8, 4) is 5.75 Å². The molecule has 10 heteroatoms. The first kappa shape index (κ1) is 20.9. The second-order valence-corrected chi connectivity index (χ2v) is 5.20. The van der Waals surface area contributed by atoms with E-state index in [2.05, 4.69) is 10.2 Å². The molecule has 1 N–H and O–H groups in total. The lowest BCUT2D eigenvalue weighted by molar-refractivity contribution is -0.757. The summed E-state index contributed by atoms with van der Waals surface area (Å²) in [6.45, 7) is 1.51. The molecule has 10 nitrogen and oxygen atoms in total. The van der Waals surface area contributed by atoms with Crippen LogP contribution < -0.4 is 10.1 Å². The standard InChI is InChI=1S/C16H20N2O8/c1-12(17-11-19)16(21)26-14-6-4-13(5-7-14)8-10-24-15(20)3-2-9-25-18(22)23/h4-7,11-12H,2-3,8-10H2,1H3,(H,17,19). The van der Waals surface area contributed by atoms with Crippen LogP contribution in [0.5, 0.6) is 5.75 Å². The monoisotopic (exact) mass is 368 g/mol. The van der Waals surface area contributed by atoms with Gasteiger partial charge in [-0.3, -0.25) is 9.59 Å². The molecule has 26 heavy (non-hydrogen) atoms. The van der Waals surface area contributed by atoms with E-state index >= 15 is 0 Å². The molecule has 0 fully saturated rings. The van der Waals surface area contributed by atoms with E-state index in [1.807, 2.05) is 0 Å². The Morgan fingerprint density at radius 1 is 1.27 bits per heavy atom. The van der Waals surface area contributed by atoms with E-state index in [0.29, 0.717) is 18.6 Å². The fourth-order valence-corrected chi connectivity index (χ4v) is 1.81. The topological polar surface area (TPSA) is 134 Å². The van der Waals surface area contributed by atoms with Crippen molar-refractivity contribution < 1.29 is 33.8 Å². The molecule has 1 rings (SSSR count). The van der Waals surface area contributed by atoms with E-state index in [1.54, 1.807) is 24.3 Å². The highest BCUT2D eigenvalue weighted by molar-refractivity contribution is 5.79. The Morgan fingerprint density at radius 2 is 1.96 bits per heavy atom. The van der Waals surface area contributed by atoms with E-state index in [4.69, 9.17) is 9.47 Å². The normalized spacial score (nSPS) is 11.1. The highest BCUT2D eigenvalue weighted by atomic mass is 16.9. The molecule has 1 aromatic carbocycles. The Hall–Kier alpha value is -3.17. The molecule has 142 valence electrons. The number of amides is 1. The van der Waals surface area contributed by atoms with Crippen molar-refractivity contribution in [1.82, 2.24) is 5.32 Å². The van der Waals surface area contributed by atoms with Gasteiger partial charge in [-0.25, -0.2) is 4.79 Å². The van der Waals surface area contributed by atoms with Gasteiger partial charge in [0, 0.05) is 12.8 Å². The third-order valence-electron chi connectivity index (χ3n) is 3.19. The fraction of sp³-hybridized carbons (Fsp3) is 0.438. The number of esters is 2. The van der Waals surface area contributed by atoms with Crippen LogP contribution in [0.25, 0.3) is 0 Å². The van der Waals surface area contributed by atoms with Gasteiger partial charge in [0.2, 0.25) is 6.41 Å². The molecular weight excluding hydrogens is 348 g/mol. The molecular formula is C16H20N2O8. The van der Waals surface area contributed by atoms with E-state index in [1.165, 1.54) is 6.92 Å². The van der Waals surface area contributed by atoms with Crippen LogP contribution in [0.1, 0.15) is 25.3 Å². The predicted molar refractivity (Wildman–Crippen MR) is 87.6 cm³/mol. The lowest BCUT2D eigenvalue weighted by Crippen LogP contribution is -2.35. The summed E-state index contributed by atoms with van der Waals surface area (Å²) in [5, 5.41) is 11.3. The van der Waals surface area contributed by atoms with Crippen molar-refractivity contribution in [2.75, 3.05) is 13.2 Å². The van der Waals surface area contributed by atoms with E-state index in [-0.39, 0.29) is 26.1 Å². The van der Waals surface area contributed by atoms with Crippen LogP contribution >= 0.6 is 0 Å². The van der Waals surface area contributed by atoms with Crippen molar-refractivity contribution in [3.63, 3.8) is 0 Å². The van der Waals surface area contributed by atoms with Gasteiger partial charge in [-0.1, -0.05) is 12.1 Å². The van der Waals surface area contributed by atoms with Crippen LogP contribution in [-0.2, 0) is 30.4 Å². The molecule has 0 aliphatic carbocycles. The minimum atomic E-state index is -0.911. The van der Waals surface area contributed by atoms with E-state index < -0.39 is 23.1 Å². The van der Waals surface area contributed by atoms with Crippen LogP contribution in [0, 0.1) is 10.1 Å². The van der Waals surface area contributed by atoms with Gasteiger partial charge in [-0.05, 0) is 31.0 Å². The largest absolute Gasteiger partial charge is 0.465 e. The molecule has 0 heterocycles. The first-order chi connectivity index (χ1) is 12.4. The molecule has 0 aliphatic heterocycles. The molecule has 1 atom stereocenters. The lowest BCUT2D eigenvalue weighted by atomic mass is 10.1. The Kier molecular flexibility index (Phi) is 9.15. The van der Waals surface area contributed by atoms with Crippen molar-refractivity contribution in [1.29, 1.82) is 0 Å². The first-order valence-corrected chi connectivity index (χ1v) is 7.85. The van der Waals surface area contributed by atoms with Gasteiger partial charge in [-0.15, -0.1) is 10.1 Å². The summed E-state index contributed by atoms with van der Waals surface area (Å²) in [7, 11) is 0. The summed E-state index contributed by atoms with van der Waals surface area (Å²) in [5.74, 6) is -0.708. The van der Waals surface area contributed by atoms with E-state index in [0.717, 1.165) is 5.56 Å². The molecule has 0 aromatic heterocycles. The molecule has 0 spiro atoms. The zero-order valence-corrected chi connectivity index (χ0v) is 14.2.